The van der Waals surface area contributed by atoms with Crippen molar-refractivity contribution in [2.24, 2.45) is 5.92 Å². The first kappa shape index (κ1) is 14.5. The average Bonchev–Trinajstić information content (AvgIpc) is 2.43. The summed E-state index contributed by atoms with van der Waals surface area (Å²) in [5.41, 5.74) is 0. The number of rotatable bonds is 5. The van der Waals surface area contributed by atoms with E-state index < -0.39 is 9.84 Å². The maximum atomic E-state index is 11.4. The Morgan fingerprint density at radius 2 is 1.94 bits per heavy atom. The highest BCUT2D eigenvalue weighted by Crippen LogP contribution is 2.30. The van der Waals surface area contributed by atoms with Gasteiger partial charge >= 0.3 is 0 Å². The molecule has 2 nitrogen and oxygen atoms in total. The molecule has 0 aromatic carbocycles. The van der Waals surface area contributed by atoms with Crippen LogP contribution in [-0.2, 0) is 9.84 Å². The third kappa shape index (κ3) is 5.67. The molecule has 1 rings (SSSR count). The predicted octanol–water partition coefficient (Wildman–Crippen LogP) is 3.55. The number of hydrogen-bond donors (Lipinski definition) is 0. The zero-order valence-electron chi connectivity index (χ0n) is 10.1. The molecule has 16 heavy (non-hydrogen) atoms. The average molecular weight is 311 g/mol. The fourth-order valence-electron chi connectivity index (χ4n) is 2.39. The Balaban J connectivity index is 2.26. The third-order valence-corrected chi connectivity index (χ3v) is 6.10. The molecule has 0 spiro atoms. The topological polar surface area (TPSA) is 34.1 Å². The molecule has 0 amide bonds. The van der Waals surface area contributed by atoms with Crippen molar-refractivity contribution in [3.8, 4) is 0 Å². The Hall–Kier alpha value is 0.430. The van der Waals surface area contributed by atoms with Crippen LogP contribution in [-0.4, -0.2) is 24.8 Å². The largest absolute Gasteiger partial charge is 0.229 e. The monoisotopic (exact) mass is 310 g/mol. The molecule has 0 bridgehead atoms. The maximum Gasteiger partial charge on any atom is 0.150 e. The van der Waals surface area contributed by atoms with Crippen molar-refractivity contribution < 1.29 is 8.42 Å². The summed E-state index contributed by atoms with van der Waals surface area (Å²) in [6.07, 6.45) is 8.36. The smallest absolute Gasteiger partial charge is 0.150 e. The predicted molar refractivity (Wildman–Crippen MR) is 72.9 cm³/mol. The van der Waals surface area contributed by atoms with E-state index in [0.29, 0.717) is 16.3 Å². The van der Waals surface area contributed by atoms with E-state index in [4.69, 9.17) is 0 Å². The SMILES string of the molecule is CCS(=O)(=O)CCCC1CCCCC(Br)C1. The normalized spacial score (nSPS) is 27.6. The first-order chi connectivity index (χ1) is 7.53. The number of alkyl halides is 1. The van der Waals surface area contributed by atoms with Gasteiger partial charge in [-0.05, 0) is 31.6 Å². The lowest BCUT2D eigenvalue weighted by Gasteiger charge is -2.15. The van der Waals surface area contributed by atoms with Crippen molar-refractivity contribution in [2.45, 2.75) is 56.7 Å². The van der Waals surface area contributed by atoms with Gasteiger partial charge in [-0.3, -0.25) is 0 Å². The van der Waals surface area contributed by atoms with Gasteiger partial charge in [-0.25, -0.2) is 8.42 Å². The Kier molecular flexibility index (Phi) is 6.34. The fraction of sp³-hybridized carbons (Fsp3) is 1.00. The molecule has 1 aliphatic carbocycles. The van der Waals surface area contributed by atoms with Crippen LogP contribution in [0.4, 0.5) is 0 Å². The van der Waals surface area contributed by atoms with Crippen LogP contribution in [0.15, 0.2) is 0 Å². The van der Waals surface area contributed by atoms with Crippen LogP contribution >= 0.6 is 15.9 Å². The molecule has 0 aromatic heterocycles. The van der Waals surface area contributed by atoms with Crippen molar-refractivity contribution >= 4 is 25.8 Å². The molecule has 1 fully saturated rings. The van der Waals surface area contributed by atoms with Crippen LogP contribution < -0.4 is 0 Å². The van der Waals surface area contributed by atoms with E-state index in [-0.39, 0.29) is 0 Å². The first-order valence-corrected chi connectivity index (χ1v) is 9.11. The molecule has 96 valence electrons. The van der Waals surface area contributed by atoms with Gasteiger partial charge in [0, 0.05) is 10.6 Å². The minimum atomic E-state index is -2.75. The lowest BCUT2D eigenvalue weighted by atomic mass is 9.95. The van der Waals surface area contributed by atoms with Crippen molar-refractivity contribution in [3.63, 3.8) is 0 Å². The molecule has 0 N–H and O–H groups in total. The summed E-state index contributed by atoms with van der Waals surface area (Å²) in [7, 11) is -2.75. The summed E-state index contributed by atoms with van der Waals surface area (Å²) in [5.74, 6) is 1.41. The van der Waals surface area contributed by atoms with E-state index in [9.17, 15) is 8.42 Å². The Bertz CT molecular complexity index is 287. The van der Waals surface area contributed by atoms with Crippen molar-refractivity contribution in [1.29, 1.82) is 0 Å². The van der Waals surface area contributed by atoms with Crippen LogP contribution in [0, 0.1) is 5.92 Å². The van der Waals surface area contributed by atoms with E-state index in [2.05, 4.69) is 15.9 Å². The summed E-state index contributed by atoms with van der Waals surface area (Å²) in [6.45, 7) is 1.73. The second kappa shape index (κ2) is 7.00. The highest BCUT2D eigenvalue weighted by molar-refractivity contribution is 9.09. The van der Waals surface area contributed by atoms with Gasteiger partial charge in [0.15, 0.2) is 0 Å². The molecule has 1 aliphatic rings. The van der Waals surface area contributed by atoms with Crippen LogP contribution in [0.5, 0.6) is 0 Å². The second-order valence-corrected chi connectivity index (χ2v) is 8.63. The lowest BCUT2D eigenvalue weighted by Crippen LogP contribution is -2.11. The lowest BCUT2D eigenvalue weighted by molar-refractivity contribution is 0.428. The molecule has 1 saturated carbocycles. The van der Waals surface area contributed by atoms with Crippen LogP contribution in [0.25, 0.3) is 0 Å². The van der Waals surface area contributed by atoms with E-state index in [1.54, 1.807) is 6.92 Å². The van der Waals surface area contributed by atoms with E-state index >= 15 is 0 Å². The number of halogens is 1. The molecule has 0 aliphatic heterocycles. The molecular formula is C12H23BrO2S. The second-order valence-electron chi connectivity index (χ2n) is 4.86. The van der Waals surface area contributed by atoms with Gasteiger partial charge in [0.2, 0.25) is 0 Å². The summed E-state index contributed by atoms with van der Waals surface area (Å²) >= 11 is 3.71. The first-order valence-electron chi connectivity index (χ1n) is 6.38. The van der Waals surface area contributed by atoms with Gasteiger partial charge in [0.05, 0.1) is 5.75 Å². The number of hydrogen-bond acceptors (Lipinski definition) is 2. The highest BCUT2D eigenvalue weighted by Gasteiger charge is 2.18. The summed E-state index contributed by atoms with van der Waals surface area (Å²) in [6, 6.07) is 0. The maximum absolute atomic E-state index is 11.4. The van der Waals surface area contributed by atoms with Crippen LogP contribution in [0.2, 0.25) is 0 Å². The zero-order valence-corrected chi connectivity index (χ0v) is 12.5. The molecule has 0 heterocycles. The van der Waals surface area contributed by atoms with Gasteiger partial charge in [-0.15, -0.1) is 0 Å². The molecule has 0 radical (unpaired) electrons. The molecule has 0 saturated heterocycles. The van der Waals surface area contributed by atoms with Crippen molar-refractivity contribution in [3.05, 3.63) is 0 Å². The Labute approximate surface area is 108 Å². The third-order valence-electron chi connectivity index (χ3n) is 3.48. The van der Waals surface area contributed by atoms with Gasteiger partial charge in [0.25, 0.3) is 0 Å². The molecule has 2 atom stereocenters. The van der Waals surface area contributed by atoms with Gasteiger partial charge in [0.1, 0.15) is 9.84 Å². The Morgan fingerprint density at radius 1 is 1.25 bits per heavy atom. The minimum absolute atomic E-state index is 0.290. The standard InChI is InChI=1S/C12H23BrO2S/c1-2-16(14,15)9-5-7-11-6-3-4-8-12(13)10-11/h11-12H,2-10H2,1H3. The van der Waals surface area contributed by atoms with Crippen LogP contribution in [0.1, 0.15) is 51.9 Å². The molecule has 2 unspecified atom stereocenters. The Morgan fingerprint density at radius 3 is 2.62 bits per heavy atom. The van der Waals surface area contributed by atoms with Crippen molar-refractivity contribution in [1.82, 2.24) is 0 Å². The van der Waals surface area contributed by atoms with E-state index in [0.717, 1.165) is 18.8 Å². The van der Waals surface area contributed by atoms with Gasteiger partial charge < -0.3 is 0 Å². The molecular weight excluding hydrogens is 288 g/mol. The molecule has 0 aromatic rings. The summed E-state index contributed by atoms with van der Waals surface area (Å²) in [4.78, 5) is 0.655. The fourth-order valence-corrected chi connectivity index (χ4v) is 4.14. The highest BCUT2D eigenvalue weighted by atomic mass is 79.9. The van der Waals surface area contributed by atoms with Crippen LogP contribution in [0.3, 0.4) is 0 Å². The summed E-state index contributed by atoms with van der Waals surface area (Å²) < 4.78 is 22.7. The quantitative estimate of drug-likeness (QED) is 0.575. The van der Waals surface area contributed by atoms with Crippen molar-refractivity contribution in [2.75, 3.05) is 11.5 Å². The van der Waals surface area contributed by atoms with Gasteiger partial charge in [-0.1, -0.05) is 42.1 Å². The zero-order chi connectivity index (χ0) is 12.0. The number of sulfone groups is 1. The molecule has 4 heteroatoms. The van der Waals surface area contributed by atoms with E-state index in [1.165, 1.54) is 32.1 Å². The minimum Gasteiger partial charge on any atom is -0.229 e. The summed E-state index contributed by atoms with van der Waals surface area (Å²) in [5, 5.41) is 0. The van der Waals surface area contributed by atoms with Gasteiger partial charge in [-0.2, -0.15) is 0 Å². The van der Waals surface area contributed by atoms with E-state index in [1.807, 2.05) is 0 Å².